The van der Waals surface area contributed by atoms with Crippen molar-refractivity contribution in [2.45, 2.75) is 32.7 Å². The predicted molar refractivity (Wildman–Crippen MR) is 87.8 cm³/mol. The van der Waals surface area contributed by atoms with Crippen molar-refractivity contribution in [2.75, 3.05) is 6.54 Å². The van der Waals surface area contributed by atoms with Gasteiger partial charge in [0.25, 0.3) is 0 Å². The first-order valence-corrected chi connectivity index (χ1v) is 7.54. The standard InChI is InChI=1S/C19H23NO/c1-15(2)20-13-12-19(21)18-10-8-17(9-11-18)14-16-6-4-3-5-7-16/h3-11,15,20H,12-14H2,1-2H3. The van der Waals surface area contributed by atoms with E-state index in [1.165, 1.54) is 11.1 Å². The highest BCUT2D eigenvalue weighted by molar-refractivity contribution is 5.96. The van der Waals surface area contributed by atoms with Gasteiger partial charge in [0.2, 0.25) is 0 Å². The SMILES string of the molecule is CC(C)NCCC(=O)c1ccc(Cc2ccccc2)cc1. The second-order valence-electron chi connectivity index (χ2n) is 5.64. The van der Waals surface area contributed by atoms with E-state index in [0.717, 1.165) is 18.5 Å². The molecule has 0 spiro atoms. The average molecular weight is 281 g/mol. The molecule has 0 unspecified atom stereocenters. The van der Waals surface area contributed by atoms with Gasteiger partial charge in [0.15, 0.2) is 5.78 Å². The minimum absolute atomic E-state index is 0.203. The summed E-state index contributed by atoms with van der Waals surface area (Å²) in [6, 6.07) is 18.8. The second-order valence-corrected chi connectivity index (χ2v) is 5.64. The summed E-state index contributed by atoms with van der Waals surface area (Å²) in [6.45, 7) is 4.91. The molecule has 1 N–H and O–H groups in total. The Morgan fingerprint density at radius 1 is 0.952 bits per heavy atom. The predicted octanol–water partition coefficient (Wildman–Crippen LogP) is 3.85. The number of carbonyl (C=O) groups is 1. The fraction of sp³-hybridized carbons (Fsp3) is 0.316. The summed E-state index contributed by atoms with van der Waals surface area (Å²) in [5.74, 6) is 0.203. The highest BCUT2D eigenvalue weighted by Crippen LogP contribution is 2.11. The summed E-state index contributed by atoms with van der Waals surface area (Å²) >= 11 is 0. The Morgan fingerprint density at radius 3 is 2.19 bits per heavy atom. The third kappa shape index (κ3) is 5.16. The van der Waals surface area contributed by atoms with E-state index in [2.05, 4.69) is 55.6 Å². The summed E-state index contributed by atoms with van der Waals surface area (Å²) in [4.78, 5) is 12.1. The number of ketones is 1. The van der Waals surface area contributed by atoms with Crippen molar-refractivity contribution < 1.29 is 4.79 Å². The maximum atomic E-state index is 12.1. The Labute approximate surface area is 127 Å². The summed E-state index contributed by atoms with van der Waals surface area (Å²) in [5, 5.41) is 3.27. The van der Waals surface area contributed by atoms with Crippen LogP contribution in [0.3, 0.4) is 0 Å². The molecule has 2 heteroatoms. The lowest BCUT2D eigenvalue weighted by Gasteiger charge is -2.07. The molecule has 2 aromatic rings. The van der Waals surface area contributed by atoms with E-state index in [1.54, 1.807) is 0 Å². The molecule has 0 saturated carbocycles. The molecule has 0 aromatic heterocycles. The van der Waals surface area contributed by atoms with Crippen LogP contribution in [0, 0.1) is 0 Å². The van der Waals surface area contributed by atoms with Crippen molar-refractivity contribution in [1.29, 1.82) is 0 Å². The van der Waals surface area contributed by atoms with Crippen molar-refractivity contribution >= 4 is 5.78 Å². The first kappa shape index (κ1) is 15.5. The monoisotopic (exact) mass is 281 g/mol. The molecule has 2 aromatic carbocycles. The summed E-state index contributed by atoms with van der Waals surface area (Å²) < 4.78 is 0. The van der Waals surface area contributed by atoms with Gasteiger partial charge in [-0.15, -0.1) is 0 Å². The normalized spacial score (nSPS) is 10.8. The van der Waals surface area contributed by atoms with Crippen LogP contribution in [-0.2, 0) is 6.42 Å². The van der Waals surface area contributed by atoms with E-state index in [4.69, 9.17) is 0 Å². The Hall–Kier alpha value is -1.93. The first-order valence-electron chi connectivity index (χ1n) is 7.54. The highest BCUT2D eigenvalue weighted by atomic mass is 16.1. The Bertz CT molecular complexity index is 558. The molecule has 0 heterocycles. The molecular weight excluding hydrogens is 258 g/mol. The molecule has 0 aliphatic rings. The van der Waals surface area contributed by atoms with Crippen molar-refractivity contribution in [3.05, 3.63) is 71.3 Å². The third-order valence-corrected chi connectivity index (χ3v) is 3.43. The van der Waals surface area contributed by atoms with Gasteiger partial charge in [0, 0.05) is 24.6 Å². The maximum Gasteiger partial charge on any atom is 0.164 e. The van der Waals surface area contributed by atoms with E-state index >= 15 is 0 Å². The molecule has 2 rings (SSSR count). The molecule has 0 saturated heterocycles. The molecule has 0 radical (unpaired) electrons. The zero-order chi connectivity index (χ0) is 15.1. The first-order chi connectivity index (χ1) is 10.1. The number of Topliss-reactive ketones (excluding diaryl/α,β-unsaturated/α-hetero) is 1. The average Bonchev–Trinajstić information content (AvgIpc) is 2.48. The molecule has 2 nitrogen and oxygen atoms in total. The molecule has 0 bridgehead atoms. The van der Waals surface area contributed by atoms with E-state index in [1.807, 2.05) is 18.2 Å². The zero-order valence-electron chi connectivity index (χ0n) is 12.8. The Morgan fingerprint density at radius 2 is 1.57 bits per heavy atom. The van der Waals surface area contributed by atoms with Crippen LogP contribution in [0.25, 0.3) is 0 Å². The fourth-order valence-electron chi connectivity index (χ4n) is 2.26. The molecular formula is C19H23NO. The molecule has 110 valence electrons. The molecule has 0 atom stereocenters. The number of hydrogen-bond donors (Lipinski definition) is 1. The minimum Gasteiger partial charge on any atom is -0.314 e. The largest absolute Gasteiger partial charge is 0.314 e. The molecule has 0 aliphatic heterocycles. The number of hydrogen-bond acceptors (Lipinski definition) is 2. The van der Waals surface area contributed by atoms with Gasteiger partial charge in [-0.1, -0.05) is 68.4 Å². The lowest BCUT2D eigenvalue weighted by molar-refractivity contribution is 0.0982. The van der Waals surface area contributed by atoms with Gasteiger partial charge in [-0.2, -0.15) is 0 Å². The number of rotatable bonds is 7. The van der Waals surface area contributed by atoms with Crippen LogP contribution in [0.2, 0.25) is 0 Å². The van der Waals surface area contributed by atoms with E-state index in [9.17, 15) is 4.79 Å². The minimum atomic E-state index is 0.203. The van der Waals surface area contributed by atoms with Crippen LogP contribution in [-0.4, -0.2) is 18.4 Å². The van der Waals surface area contributed by atoms with Crippen molar-refractivity contribution in [2.24, 2.45) is 0 Å². The van der Waals surface area contributed by atoms with Gasteiger partial charge in [-0.25, -0.2) is 0 Å². The topological polar surface area (TPSA) is 29.1 Å². The van der Waals surface area contributed by atoms with Gasteiger partial charge in [-0.3, -0.25) is 4.79 Å². The summed E-state index contributed by atoms with van der Waals surface area (Å²) in [6.07, 6.45) is 1.46. The van der Waals surface area contributed by atoms with Crippen LogP contribution in [0.5, 0.6) is 0 Å². The van der Waals surface area contributed by atoms with E-state index in [-0.39, 0.29) is 5.78 Å². The molecule has 0 amide bonds. The highest BCUT2D eigenvalue weighted by Gasteiger charge is 2.06. The van der Waals surface area contributed by atoms with Crippen LogP contribution in [0.1, 0.15) is 41.8 Å². The zero-order valence-corrected chi connectivity index (χ0v) is 12.8. The third-order valence-electron chi connectivity index (χ3n) is 3.43. The van der Waals surface area contributed by atoms with Gasteiger partial charge < -0.3 is 5.32 Å². The lowest BCUT2D eigenvalue weighted by Crippen LogP contribution is -2.25. The van der Waals surface area contributed by atoms with E-state index < -0.39 is 0 Å². The number of carbonyl (C=O) groups excluding carboxylic acids is 1. The maximum absolute atomic E-state index is 12.1. The van der Waals surface area contributed by atoms with Crippen LogP contribution >= 0.6 is 0 Å². The van der Waals surface area contributed by atoms with Crippen LogP contribution < -0.4 is 5.32 Å². The summed E-state index contributed by atoms with van der Waals surface area (Å²) in [7, 11) is 0. The number of benzene rings is 2. The Balaban J connectivity index is 1.91. The van der Waals surface area contributed by atoms with E-state index in [0.29, 0.717) is 12.5 Å². The summed E-state index contributed by atoms with van der Waals surface area (Å²) in [5.41, 5.74) is 3.33. The van der Waals surface area contributed by atoms with Crippen LogP contribution in [0.4, 0.5) is 0 Å². The molecule has 21 heavy (non-hydrogen) atoms. The Kier molecular flexibility index (Phi) is 5.70. The van der Waals surface area contributed by atoms with Crippen molar-refractivity contribution in [1.82, 2.24) is 5.32 Å². The van der Waals surface area contributed by atoms with Gasteiger partial charge in [0.05, 0.1) is 0 Å². The van der Waals surface area contributed by atoms with Crippen molar-refractivity contribution in [3.8, 4) is 0 Å². The van der Waals surface area contributed by atoms with Crippen LogP contribution in [0.15, 0.2) is 54.6 Å². The van der Waals surface area contributed by atoms with Gasteiger partial charge in [-0.05, 0) is 17.5 Å². The van der Waals surface area contributed by atoms with Crippen molar-refractivity contribution in [3.63, 3.8) is 0 Å². The van der Waals surface area contributed by atoms with Gasteiger partial charge in [0.1, 0.15) is 0 Å². The quantitative estimate of drug-likeness (QED) is 0.781. The van der Waals surface area contributed by atoms with Gasteiger partial charge >= 0.3 is 0 Å². The smallest absolute Gasteiger partial charge is 0.164 e. The fourth-order valence-corrected chi connectivity index (χ4v) is 2.26. The molecule has 0 fully saturated rings. The second kappa shape index (κ2) is 7.75. The molecule has 0 aliphatic carbocycles. The lowest BCUT2D eigenvalue weighted by atomic mass is 10.0. The number of nitrogens with one attached hydrogen (secondary N) is 1.